The molecule has 0 aliphatic heterocycles. The van der Waals surface area contributed by atoms with Crippen LogP contribution in [0.1, 0.15) is 22.8 Å². The lowest BCUT2D eigenvalue weighted by Crippen LogP contribution is -2.18. The molecule has 0 aliphatic rings. The number of hydrogen-bond donors (Lipinski definition) is 1. The van der Waals surface area contributed by atoms with Gasteiger partial charge < -0.3 is 10.2 Å². The molecule has 6 heteroatoms. The molecule has 5 nitrogen and oxygen atoms in total. The van der Waals surface area contributed by atoms with E-state index < -0.39 is 11.7 Å². The molecule has 2 aromatic carbocycles. The van der Waals surface area contributed by atoms with Gasteiger partial charge in [-0.1, -0.05) is 35.5 Å². The Bertz CT molecular complexity index is 744. The zero-order valence-electron chi connectivity index (χ0n) is 12.5. The molecule has 1 N–H and O–H groups in total. The third-order valence-electron chi connectivity index (χ3n) is 2.95. The second-order valence-corrected chi connectivity index (χ2v) is 4.68. The first-order valence-corrected chi connectivity index (χ1v) is 6.87. The molecular weight excluding hydrogens is 299 g/mol. The molecule has 0 radical (unpaired) electrons. The quantitative estimate of drug-likeness (QED) is 0.506. The Morgan fingerprint density at radius 1 is 1.17 bits per heavy atom. The maximum atomic E-state index is 13.3. The number of para-hydroxylation sites is 1. The van der Waals surface area contributed by atoms with Crippen molar-refractivity contribution in [3.8, 4) is 0 Å². The first kappa shape index (κ1) is 16.4. The van der Waals surface area contributed by atoms with E-state index >= 15 is 0 Å². The van der Waals surface area contributed by atoms with Gasteiger partial charge in [-0.05, 0) is 25.1 Å². The molecule has 0 aromatic heterocycles. The lowest BCUT2D eigenvalue weighted by Gasteiger charge is -2.08. The number of benzene rings is 2. The fraction of sp³-hybridized carbons (Fsp3) is 0.118. The highest BCUT2D eigenvalue weighted by Crippen LogP contribution is 2.15. The van der Waals surface area contributed by atoms with Crippen molar-refractivity contribution >= 4 is 23.6 Å². The molecule has 0 aliphatic carbocycles. The van der Waals surface area contributed by atoms with Crippen molar-refractivity contribution in [2.75, 3.05) is 11.9 Å². The topological polar surface area (TPSA) is 67.8 Å². The molecule has 2 rings (SSSR count). The Morgan fingerprint density at radius 3 is 2.61 bits per heavy atom. The third-order valence-corrected chi connectivity index (χ3v) is 2.95. The number of rotatable bonds is 6. The van der Waals surface area contributed by atoms with Gasteiger partial charge in [0.15, 0.2) is 12.4 Å². The zero-order valence-corrected chi connectivity index (χ0v) is 12.5. The van der Waals surface area contributed by atoms with E-state index in [2.05, 4.69) is 10.5 Å². The lowest BCUT2D eigenvalue weighted by molar-refractivity contribution is -0.120. The van der Waals surface area contributed by atoms with Crippen LogP contribution in [0, 0.1) is 5.82 Å². The standard InChI is InChI=1S/C17H15FN2O3/c1-12(21)14-7-3-5-9-16(14)20-17(22)11-23-19-10-13-6-2-4-8-15(13)18/h2-10H,11H2,1H3,(H,20,22)/b19-10-. The van der Waals surface area contributed by atoms with Gasteiger partial charge in [-0.15, -0.1) is 0 Å². The average molecular weight is 314 g/mol. The van der Waals surface area contributed by atoms with Crippen LogP contribution in [0.3, 0.4) is 0 Å². The second-order valence-electron chi connectivity index (χ2n) is 4.68. The van der Waals surface area contributed by atoms with E-state index in [1.54, 1.807) is 36.4 Å². The van der Waals surface area contributed by atoms with Crippen molar-refractivity contribution in [3.05, 3.63) is 65.5 Å². The van der Waals surface area contributed by atoms with Crippen LogP contribution in [0.2, 0.25) is 0 Å². The highest BCUT2D eigenvalue weighted by atomic mass is 19.1. The highest BCUT2D eigenvalue weighted by Gasteiger charge is 2.09. The molecule has 0 bridgehead atoms. The summed E-state index contributed by atoms with van der Waals surface area (Å²) in [5.41, 5.74) is 1.08. The van der Waals surface area contributed by atoms with E-state index in [-0.39, 0.29) is 18.0 Å². The molecule has 0 saturated heterocycles. The van der Waals surface area contributed by atoms with Crippen molar-refractivity contribution in [1.82, 2.24) is 0 Å². The molecule has 23 heavy (non-hydrogen) atoms. The van der Waals surface area contributed by atoms with Crippen molar-refractivity contribution in [1.29, 1.82) is 0 Å². The van der Waals surface area contributed by atoms with Crippen LogP contribution in [-0.4, -0.2) is 24.5 Å². The second kappa shape index (κ2) is 7.84. The van der Waals surface area contributed by atoms with Crippen LogP contribution in [0.4, 0.5) is 10.1 Å². The van der Waals surface area contributed by atoms with Gasteiger partial charge in [0.25, 0.3) is 5.91 Å². The van der Waals surface area contributed by atoms with E-state index in [4.69, 9.17) is 4.84 Å². The SMILES string of the molecule is CC(=O)c1ccccc1NC(=O)CO/N=C\c1ccccc1F. The largest absolute Gasteiger partial charge is 0.386 e. The number of carbonyl (C=O) groups is 2. The lowest BCUT2D eigenvalue weighted by atomic mass is 10.1. The van der Waals surface area contributed by atoms with E-state index in [0.29, 0.717) is 11.3 Å². The van der Waals surface area contributed by atoms with E-state index in [0.717, 1.165) is 0 Å². The predicted octanol–water partition coefficient (Wildman–Crippen LogP) is 3.02. The molecule has 0 saturated carbocycles. The van der Waals surface area contributed by atoms with Gasteiger partial charge in [-0.2, -0.15) is 0 Å². The monoisotopic (exact) mass is 314 g/mol. The zero-order chi connectivity index (χ0) is 16.7. The van der Waals surface area contributed by atoms with E-state index in [1.165, 1.54) is 25.3 Å². The van der Waals surface area contributed by atoms with E-state index in [9.17, 15) is 14.0 Å². The number of nitrogens with one attached hydrogen (secondary N) is 1. The number of ketones is 1. The molecular formula is C17H15FN2O3. The Morgan fingerprint density at radius 2 is 1.87 bits per heavy atom. The molecule has 0 heterocycles. The van der Waals surface area contributed by atoms with Gasteiger partial charge in [0, 0.05) is 11.1 Å². The number of nitrogens with zero attached hydrogens (tertiary/aromatic N) is 1. The van der Waals surface area contributed by atoms with Crippen LogP contribution in [-0.2, 0) is 9.63 Å². The number of carbonyl (C=O) groups excluding carboxylic acids is 2. The summed E-state index contributed by atoms with van der Waals surface area (Å²) in [5.74, 6) is -1.05. The summed E-state index contributed by atoms with van der Waals surface area (Å²) in [7, 11) is 0. The van der Waals surface area contributed by atoms with E-state index in [1.807, 2.05) is 0 Å². The summed E-state index contributed by atoms with van der Waals surface area (Å²) in [6.45, 7) is 1.07. The fourth-order valence-corrected chi connectivity index (χ4v) is 1.86. The summed E-state index contributed by atoms with van der Waals surface area (Å²) in [6, 6.07) is 12.7. The fourth-order valence-electron chi connectivity index (χ4n) is 1.86. The summed E-state index contributed by atoms with van der Waals surface area (Å²) < 4.78 is 13.3. The Labute approximate surface area is 132 Å². The number of oxime groups is 1. The van der Waals surface area contributed by atoms with Crippen LogP contribution in [0.25, 0.3) is 0 Å². The van der Waals surface area contributed by atoms with Gasteiger partial charge in [0.1, 0.15) is 5.82 Å². The molecule has 0 atom stereocenters. The van der Waals surface area contributed by atoms with Gasteiger partial charge in [0.05, 0.1) is 11.9 Å². The van der Waals surface area contributed by atoms with Crippen LogP contribution in [0.15, 0.2) is 53.7 Å². The molecule has 0 fully saturated rings. The minimum atomic E-state index is -0.468. The molecule has 0 unspecified atom stereocenters. The van der Waals surface area contributed by atoms with Crippen molar-refractivity contribution in [2.24, 2.45) is 5.16 Å². The normalized spacial score (nSPS) is 10.5. The highest BCUT2D eigenvalue weighted by molar-refractivity contribution is 6.03. The van der Waals surface area contributed by atoms with Crippen molar-refractivity contribution in [2.45, 2.75) is 6.92 Å². The van der Waals surface area contributed by atoms with Gasteiger partial charge >= 0.3 is 0 Å². The summed E-state index contributed by atoms with van der Waals surface area (Å²) in [6.07, 6.45) is 1.19. The molecule has 1 amide bonds. The first-order chi connectivity index (χ1) is 11.1. The summed E-state index contributed by atoms with van der Waals surface area (Å²) in [5, 5.41) is 6.12. The minimum absolute atomic E-state index is 0.153. The molecule has 0 spiro atoms. The number of hydrogen-bond acceptors (Lipinski definition) is 4. The van der Waals surface area contributed by atoms with Gasteiger partial charge in [-0.25, -0.2) is 4.39 Å². The Hall–Kier alpha value is -3.02. The first-order valence-electron chi connectivity index (χ1n) is 6.87. The Balaban J connectivity index is 1.89. The number of amides is 1. The summed E-state index contributed by atoms with van der Waals surface area (Å²) in [4.78, 5) is 28.1. The smallest absolute Gasteiger partial charge is 0.265 e. The van der Waals surface area contributed by atoms with Crippen LogP contribution >= 0.6 is 0 Å². The predicted molar refractivity (Wildman–Crippen MR) is 85.0 cm³/mol. The number of anilines is 1. The maximum absolute atomic E-state index is 13.3. The minimum Gasteiger partial charge on any atom is -0.386 e. The molecule has 2 aromatic rings. The number of halogens is 1. The van der Waals surface area contributed by atoms with Gasteiger partial charge in [0.2, 0.25) is 0 Å². The average Bonchev–Trinajstić information content (AvgIpc) is 2.53. The Kier molecular flexibility index (Phi) is 5.57. The third kappa shape index (κ3) is 4.74. The van der Waals surface area contributed by atoms with Gasteiger partial charge in [-0.3, -0.25) is 9.59 Å². The van der Waals surface area contributed by atoms with Crippen LogP contribution < -0.4 is 5.32 Å². The maximum Gasteiger partial charge on any atom is 0.265 e. The van der Waals surface area contributed by atoms with Crippen molar-refractivity contribution in [3.63, 3.8) is 0 Å². The number of Topliss-reactive ketones (excluding diaryl/α,β-unsaturated/α-hetero) is 1. The summed E-state index contributed by atoms with van der Waals surface area (Å²) >= 11 is 0. The molecule has 118 valence electrons. The van der Waals surface area contributed by atoms with Crippen molar-refractivity contribution < 1.29 is 18.8 Å². The van der Waals surface area contributed by atoms with Crippen LogP contribution in [0.5, 0.6) is 0 Å².